The molecule has 0 aliphatic heterocycles. The van der Waals surface area contributed by atoms with E-state index in [1.165, 1.54) is 83.5 Å². The number of unbranched alkanes of at least 4 members (excludes halogenated alkanes) is 14. The minimum Gasteiger partial charge on any atom is -1.00 e. The van der Waals surface area contributed by atoms with Crippen molar-refractivity contribution in [3.8, 4) is 0 Å². The van der Waals surface area contributed by atoms with Gasteiger partial charge in [0.2, 0.25) is 5.54 Å². The largest absolute Gasteiger partial charge is 1.00 e. The highest BCUT2D eigenvalue weighted by molar-refractivity contribution is 6.07. The van der Waals surface area contributed by atoms with Crippen LogP contribution in [0, 0.1) is 0 Å². The Morgan fingerprint density at radius 3 is 1.14 bits per heavy atom. The second-order valence-electron chi connectivity index (χ2n) is 8.72. The van der Waals surface area contributed by atoms with Crippen molar-refractivity contribution in [2.24, 2.45) is 0 Å². The molecule has 0 aromatic carbocycles. The van der Waals surface area contributed by atoms with Gasteiger partial charge in [0.15, 0.2) is 11.6 Å². The number of hydrogen-bond donors (Lipinski definition) is 1. The minimum atomic E-state index is -0.823. The first-order valence-corrected chi connectivity index (χ1v) is 11.7. The van der Waals surface area contributed by atoms with Crippen molar-refractivity contribution in [1.29, 1.82) is 0 Å². The number of quaternary nitrogens is 1. The molecule has 1 N–H and O–H groups in total. The van der Waals surface area contributed by atoms with Crippen LogP contribution in [0.3, 0.4) is 0 Å². The van der Waals surface area contributed by atoms with Crippen LogP contribution in [0.1, 0.15) is 124 Å². The van der Waals surface area contributed by atoms with Crippen LogP contribution < -0.4 is 17.3 Å². The van der Waals surface area contributed by atoms with Crippen LogP contribution >= 0.6 is 0 Å². The molecule has 0 aliphatic rings. The number of Topliss-reactive ketones (excluding diaryl/α,β-unsaturated/α-hetero) is 2. The van der Waals surface area contributed by atoms with Crippen LogP contribution in [0.25, 0.3) is 0 Å². The molecule has 0 spiro atoms. The van der Waals surface area contributed by atoms with Gasteiger partial charge in [-0.15, -0.1) is 0 Å². The fraction of sp³-hybridized carbons (Fsp3) is 0.917. The second kappa shape index (κ2) is 18.6. The Labute approximate surface area is 181 Å². The van der Waals surface area contributed by atoms with Gasteiger partial charge in [-0.3, -0.25) is 9.59 Å². The number of rotatable bonds is 19. The number of carbonyl (C=O) groups excluding carboxylic acids is 2. The van der Waals surface area contributed by atoms with Crippen LogP contribution in [0.4, 0.5) is 0 Å². The number of carbonyl (C=O) groups is 2. The Kier molecular flexibility index (Phi) is 19.8. The summed E-state index contributed by atoms with van der Waals surface area (Å²) in [6.07, 6.45) is 20.7. The highest BCUT2D eigenvalue weighted by Gasteiger charge is 2.46. The first-order chi connectivity index (χ1) is 12.9. The Hall–Kier alpha value is -0.410. The third-order valence-corrected chi connectivity index (χ3v) is 6.21. The molecule has 0 rings (SSSR count). The van der Waals surface area contributed by atoms with Crippen molar-refractivity contribution in [2.45, 2.75) is 129 Å². The molecule has 0 atom stereocenters. The average Bonchev–Trinajstić information content (AvgIpc) is 2.60. The molecule has 0 amide bonds. The van der Waals surface area contributed by atoms with Crippen molar-refractivity contribution in [2.75, 3.05) is 14.1 Å². The normalized spacial score (nSPS) is 11.5. The maximum atomic E-state index is 12.1. The van der Waals surface area contributed by atoms with Gasteiger partial charge >= 0.3 is 0 Å². The van der Waals surface area contributed by atoms with Gasteiger partial charge in [0.25, 0.3) is 0 Å². The zero-order valence-corrected chi connectivity index (χ0v) is 20.3. The summed E-state index contributed by atoms with van der Waals surface area (Å²) in [5.74, 6) is 0.0285. The molecule has 4 heteroatoms. The lowest BCUT2D eigenvalue weighted by Gasteiger charge is -2.32. The van der Waals surface area contributed by atoms with Crippen molar-refractivity contribution in [3.05, 3.63) is 0 Å². The zero-order valence-electron chi connectivity index (χ0n) is 19.5. The van der Waals surface area contributed by atoms with E-state index in [9.17, 15) is 9.59 Å². The molecule has 0 aromatic rings. The van der Waals surface area contributed by atoms with Crippen molar-refractivity contribution in [3.63, 3.8) is 0 Å². The molecule has 0 aliphatic carbocycles. The van der Waals surface area contributed by atoms with Gasteiger partial charge in [0.1, 0.15) is 0 Å². The van der Waals surface area contributed by atoms with Crippen molar-refractivity contribution >= 4 is 11.6 Å². The Morgan fingerprint density at radius 1 is 0.607 bits per heavy atom. The summed E-state index contributed by atoms with van der Waals surface area (Å²) in [7, 11) is 3.85. The molecular formula is C24H48ClNO2. The van der Waals surface area contributed by atoms with Gasteiger partial charge < -0.3 is 17.3 Å². The van der Waals surface area contributed by atoms with E-state index in [1.807, 2.05) is 14.1 Å². The fourth-order valence-electron chi connectivity index (χ4n) is 4.32. The fourth-order valence-corrected chi connectivity index (χ4v) is 4.32. The maximum absolute atomic E-state index is 12.1. The molecule has 3 nitrogen and oxygen atoms in total. The van der Waals surface area contributed by atoms with E-state index in [2.05, 4.69) is 6.92 Å². The van der Waals surface area contributed by atoms with E-state index in [4.69, 9.17) is 0 Å². The van der Waals surface area contributed by atoms with E-state index < -0.39 is 5.54 Å². The monoisotopic (exact) mass is 417 g/mol. The van der Waals surface area contributed by atoms with Gasteiger partial charge in [-0.2, -0.15) is 0 Å². The summed E-state index contributed by atoms with van der Waals surface area (Å²) in [6.45, 7) is 5.41. The lowest BCUT2D eigenvalue weighted by Crippen LogP contribution is -3.17. The third kappa shape index (κ3) is 12.2. The second-order valence-corrected chi connectivity index (χ2v) is 8.72. The predicted octanol–water partition coefficient (Wildman–Crippen LogP) is 2.31. The summed E-state index contributed by atoms with van der Waals surface area (Å²) in [5, 5.41) is 0. The average molecular weight is 418 g/mol. The van der Waals surface area contributed by atoms with Crippen molar-refractivity contribution in [1.82, 2.24) is 0 Å². The highest BCUT2D eigenvalue weighted by atomic mass is 35.5. The summed E-state index contributed by atoms with van der Waals surface area (Å²) in [5.41, 5.74) is -0.823. The zero-order chi connectivity index (χ0) is 20.5. The standard InChI is InChI=1S/C24H47NO2.ClH/c1-6-7-8-9-10-11-12-13-14-15-16-17-18-19-20-21-24(22(2)26,23(3)27)25(4)5;/h6-21H2,1-5H3;1H. The van der Waals surface area contributed by atoms with Crippen LogP contribution in [0.15, 0.2) is 0 Å². The van der Waals surface area contributed by atoms with Crippen LogP contribution in [0.5, 0.6) is 0 Å². The lowest BCUT2D eigenvalue weighted by atomic mass is 9.83. The van der Waals surface area contributed by atoms with E-state index in [-0.39, 0.29) is 24.0 Å². The Bertz CT molecular complexity index is 382. The smallest absolute Gasteiger partial charge is 0.214 e. The van der Waals surface area contributed by atoms with E-state index >= 15 is 0 Å². The van der Waals surface area contributed by atoms with Crippen LogP contribution in [0.2, 0.25) is 0 Å². The Morgan fingerprint density at radius 2 is 0.893 bits per heavy atom. The molecule has 0 fully saturated rings. The van der Waals surface area contributed by atoms with Crippen LogP contribution in [-0.4, -0.2) is 31.2 Å². The van der Waals surface area contributed by atoms with Gasteiger partial charge in [-0.1, -0.05) is 96.8 Å². The first-order valence-electron chi connectivity index (χ1n) is 11.7. The lowest BCUT2D eigenvalue weighted by molar-refractivity contribution is -0.893. The summed E-state index contributed by atoms with van der Waals surface area (Å²) in [4.78, 5) is 25.1. The minimum absolute atomic E-state index is 0. The first kappa shape index (κ1) is 29.8. The summed E-state index contributed by atoms with van der Waals surface area (Å²) < 4.78 is 0. The quantitative estimate of drug-likeness (QED) is 0.259. The molecule has 0 saturated carbocycles. The number of nitrogens with one attached hydrogen (secondary N) is 1. The van der Waals surface area contributed by atoms with Gasteiger partial charge in [0.05, 0.1) is 14.1 Å². The van der Waals surface area contributed by atoms with Crippen LogP contribution in [-0.2, 0) is 9.59 Å². The Balaban J connectivity index is 0. The molecule has 0 radical (unpaired) electrons. The number of likely N-dealkylation sites (N-methyl/N-ethyl adjacent to an activating group) is 1. The maximum Gasteiger partial charge on any atom is 0.214 e. The molecule has 0 bridgehead atoms. The van der Waals surface area contributed by atoms with E-state index in [0.717, 1.165) is 17.7 Å². The molecule has 0 aromatic heterocycles. The highest BCUT2D eigenvalue weighted by Crippen LogP contribution is 2.17. The topological polar surface area (TPSA) is 38.6 Å². The van der Waals surface area contributed by atoms with E-state index in [1.54, 1.807) is 13.8 Å². The number of halogens is 1. The molecule has 28 heavy (non-hydrogen) atoms. The van der Waals surface area contributed by atoms with Crippen molar-refractivity contribution < 1.29 is 26.9 Å². The number of hydrogen-bond acceptors (Lipinski definition) is 2. The molecule has 0 unspecified atom stereocenters. The number of ketones is 2. The molecule has 0 saturated heterocycles. The van der Waals surface area contributed by atoms with Gasteiger partial charge in [0, 0.05) is 20.3 Å². The van der Waals surface area contributed by atoms with Gasteiger partial charge in [-0.05, 0) is 6.42 Å². The summed E-state index contributed by atoms with van der Waals surface area (Å²) in [6, 6.07) is 0. The summed E-state index contributed by atoms with van der Waals surface area (Å²) >= 11 is 0. The van der Waals surface area contributed by atoms with E-state index in [0.29, 0.717) is 6.42 Å². The molecular weight excluding hydrogens is 370 g/mol. The van der Waals surface area contributed by atoms with Gasteiger partial charge in [-0.25, -0.2) is 0 Å². The molecule has 168 valence electrons. The SMILES string of the molecule is CCCCCCCCCCCCCCCCCC(C(C)=O)(C(C)=O)[NH+](C)C.[Cl-]. The predicted molar refractivity (Wildman–Crippen MR) is 116 cm³/mol. The third-order valence-electron chi connectivity index (χ3n) is 6.21. The molecule has 0 heterocycles.